The van der Waals surface area contributed by atoms with Crippen molar-refractivity contribution in [2.75, 3.05) is 19.7 Å². The molecule has 2 N–H and O–H groups in total. The van der Waals surface area contributed by atoms with Crippen LogP contribution in [0.4, 0.5) is 0 Å². The Morgan fingerprint density at radius 2 is 2.47 bits per heavy atom. The van der Waals surface area contributed by atoms with Gasteiger partial charge >= 0.3 is 0 Å². The van der Waals surface area contributed by atoms with Gasteiger partial charge in [0.05, 0.1) is 18.9 Å². The molecule has 1 aromatic rings. The molecule has 17 heavy (non-hydrogen) atoms. The predicted molar refractivity (Wildman–Crippen MR) is 66.0 cm³/mol. The van der Waals surface area contributed by atoms with Crippen molar-refractivity contribution in [3.05, 3.63) is 24.0 Å². The fraction of sp³-hybridized carbons (Fsp3) is 0.615. The van der Waals surface area contributed by atoms with Crippen LogP contribution in [0.1, 0.15) is 31.4 Å². The van der Waals surface area contributed by atoms with Crippen molar-refractivity contribution in [3.63, 3.8) is 0 Å². The van der Waals surface area contributed by atoms with E-state index in [9.17, 15) is 5.11 Å². The number of rotatable bonds is 4. The van der Waals surface area contributed by atoms with Gasteiger partial charge in [0.15, 0.2) is 0 Å². The summed E-state index contributed by atoms with van der Waals surface area (Å²) in [6.45, 7) is 4.49. The quantitative estimate of drug-likeness (QED) is 0.832. The van der Waals surface area contributed by atoms with Crippen LogP contribution in [-0.2, 0) is 0 Å². The van der Waals surface area contributed by atoms with Gasteiger partial charge in [-0.1, -0.05) is 0 Å². The van der Waals surface area contributed by atoms with Crippen LogP contribution in [-0.4, -0.2) is 29.8 Å². The lowest BCUT2D eigenvalue weighted by molar-refractivity contribution is 0.0915. The number of aliphatic hydroxyl groups is 1. The summed E-state index contributed by atoms with van der Waals surface area (Å²) >= 11 is 0. The Hall–Kier alpha value is -1.13. The molecule has 4 nitrogen and oxygen atoms in total. The predicted octanol–water partition coefficient (Wildman–Crippen LogP) is 1.51. The molecule has 0 aromatic carbocycles. The first-order valence-corrected chi connectivity index (χ1v) is 6.27. The van der Waals surface area contributed by atoms with Crippen molar-refractivity contribution in [3.8, 4) is 5.75 Å². The number of aromatic nitrogens is 1. The highest BCUT2D eigenvalue weighted by Crippen LogP contribution is 2.28. The third-order valence-corrected chi connectivity index (χ3v) is 3.17. The molecule has 2 rings (SSSR count). The van der Waals surface area contributed by atoms with E-state index in [1.54, 1.807) is 12.4 Å². The van der Waals surface area contributed by atoms with Crippen LogP contribution >= 0.6 is 0 Å². The van der Waals surface area contributed by atoms with Gasteiger partial charge in [-0.15, -0.1) is 0 Å². The molecule has 0 saturated carbocycles. The van der Waals surface area contributed by atoms with Crippen LogP contribution < -0.4 is 10.1 Å². The second-order valence-corrected chi connectivity index (χ2v) is 4.44. The summed E-state index contributed by atoms with van der Waals surface area (Å²) in [4.78, 5) is 4.11. The summed E-state index contributed by atoms with van der Waals surface area (Å²) in [6.07, 6.45) is 5.14. The maximum atomic E-state index is 10.3. The van der Waals surface area contributed by atoms with Crippen LogP contribution in [0.3, 0.4) is 0 Å². The van der Waals surface area contributed by atoms with Gasteiger partial charge in [-0.25, -0.2) is 0 Å². The first-order chi connectivity index (χ1) is 8.31. The fourth-order valence-corrected chi connectivity index (χ4v) is 2.26. The van der Waals surface area contributed by atoms with Crippen molar-refractivity contribution >= 4 is 0 Å². The van der Waals surface area contributed by atoms with Crippen molar-refractivity contribution in [2.45, 2.75) is 25.9 Å². The minimum Gasteiger partial charge on any atom is -0.492 e. The molecule has 1 aliphatic heterocycles. The zero-order valence-electron chi connectivity index (χ0n) is 10.2. The zero-order valence-corrected chi connectivity index (χ0v) is 10.2. The number of nitrogens with zero attached hydrogens (tertiary/aromatic N) is 1. The zero-order chi connectivity index (χ0) is 12.1. The van der Waals surface area contributed by atoms with Crippen LogP contribution in [0.5, 0.6) is 5.75 Å². The highest BCUT2D eigenvalue weighted by Gasteiger charge is 2.23. The van der Waals surface area contributed by atoms with E-state index in [2.05, 4.69) is 10.3 Å². The van der Waals surface area contributed by atoms with E-state index < -0.39 is 6.10 Å². The molecule has 0 amide bonds. The second kappa shape index (κ2) is 5.98. The van der Waals surface area contributed by atoms with Crippen molar-refractivity contribution in [1.29, 1.82) is 0 Å². The molecule has 94 valence electrons. The second-order valence-electron chi connectivity index (χ2n) is 4.44. The van der Waals surface area contributed by atoms with Gasteiger partial charge in [-0.2, -0.15) is 0 Å². The summed E-state index contributed by atoms with van der Waals surface area (Å²) in [5.41, 5.74) is 0.852. The average Bonchev–Trinajstić information content (AvgIpc) is 2.40. The maximum Gasteiger partial charge on any atom is 0.137 e. The van der Waals surface area contributed by atoms with E-state index in [4.69, 9.17) is 4.74 Å². The number of hydrogen-bond acceptors (Lipinski definition) is 4. The Labute approximate surface area is 102 Å². The first-order valence-electron chi connectivity index (χ1n) is 6.27. The number of ether oxygens (including phenoxy) is 1. The topological polar surface area (TPSA) is 54.4 Å². The average molecular weight is 236 g/mol. The molecule has 0 bridgehead atoms. The summed E-state index contributed by atoms with van der Waals surface area (Å²) in [6, 6.07) is 1.88. The molecule has 2 unspecified atom stereocenters. The number of nitrogens with one attached hydrogen (secondary N) is 1. The molecule has 1 fully saturated rings. The minimum absolute atomic E-state index is 0.280. The van der Waals surface area contributed by atoms with Crippen molar-refractivity contribution < 1.29 is 9.84 Å². The summed E-state index contributed by atoms with van der Waals surface area (Å²) in [5.74, 6) is 1.01. The first kappa shape index (κ1) is 12.3. The number of pyridine rings is 1. The van der Waals surface area contributed by atoms with Crippen LogP contribution in [0.2, 0.25) is 0 Å². The molecule has 1 aliphatic rings. The Morgan fingerprint density at radius 1 is 1.59 bits per heavy atom. The molecular formula is C13H20N2O2. The van der Waals surface area contributed by atoms with Gasteiger partial charge in [0.25, 0.3) is 0 Å². The summed E-state index contributed by atoms with van der Waals surface area (Å²) in [7, 11) is 0. The van der Waals surface area contributed by atoms with Gasteiger partial charge in [-0.3, -0.25) is 4.98 Å². The van der Waals surface area contributed by atoms with Crippen LogP contribution in [0, 0.1) is 5.92 Å². The van der Waals surface area contributed by atoms with Crippen LogP contribution in [0.25, 0.3) is 0 Å². The van der Waals surface area contributed by atoms with Gasteiger partial charge < -0.3 is 15.2 Å². The van der Waals surface area contributed by atoms with E-state index >= 15 is 0 Å². The lowest BCUT2D eigenvalue weighted by atomic mass is 9.90. The van der Waals surface area contributed by atoms with Crippen molar-refractivity contribution in [1.82, 2.24) is 10.3 Å². The fourth-order valence-electron chi connectivity index (χ4n) is 2.26. The molecule has 0 radical (unpaired) electrons. The third kappa shape index (κ3) is 3.17. The van der Waals surface area contributed by atoms with E-state index in [1.165, 1.54) is 0 Å². The Bertz CT molecular complexity index is 351. The smallest absolute Gasteiger partial charge is 0.137 e. The van der Waals surface area contributed by atoms with Crippen LogP contribution in [0.15, 0.2) is 18.5 Å². The maximum absolute atomic E-state index is 10.3. The van der Waals surface area contributed by atoms with Gasteiger partial charge in [0.2, 0.25) is 0 Å². The lowest BCUT2D eigenvalue weighted by Gasteiger charge is -2.27. The molecule has 1 saturated heterocycles. The molecule has 0 spiro atoms. The normalized spacial score (nSPS) is 22.1. The number of piperidine rings is 1. The molecule has 0 aliphatic carbocycles. The lowest BCUT2D eigenvalue weighted by Crippen LogP contribution is -2.33. The van der Waals surface area contributed by atoms with E-state index in [0.29, 0.717) is 6.61 Å². The third-order valence-electron chi connectivity index (χ3n) is 3.17. The SMILES string of the molecule is CCOc1cncc(C(O)C2CCCNC2)c1. The number of aliphatic hydroxyl groups excluding tert-OH is 1. The highest BCUT2D eigenvalue weighted by molar-refractivity contribution is 5.25. The minimum atomic E-state index is -0.448. The monoisotopic (exact) mass is 236 g/mol. The molecule has 2 atom stereocenters. The van der Waals surface area contributed by atoms with Crippen molar-refractivity contribution in [2.24, 2.45) is 5.92 Å². The summed E-state index contributed by atoms with van der Waals surface area (Å²) < 4.78 is 5.39. The highest BCUT2D eigenvalue weighted by atomic mass is 16.5. The Balaban J connectivity index is 2.06. The largest absolute Gasteiger partial charge is 0.492 e. The summed E-state index contributed by atoms with van der Waals surface area (Å²) in [5, 5.41) is 13.6. The standard InChI is InChI=1S/C13H20N2O2/c1-2-17-12-6-11(8-15-9-12)13(16)10-4-3-5-14-7-10/h6,8-10,13-14,16H,2-5,7H2,1H3. The molecular weight excluding hydrogens is 216 g/mol. The Morgan fingerprint density at radius 3 is 3.18 bits per heavy atom. The van der Waals surface area contributed by atoms with E-state index in [-0.39, 0.29) is 5.92 Å². The molecule has 1 aromatic heterocycles. The number of hydrogen-bond donors (Lipinski definition) is 2. The Kier molecular flexibility index (Phi) is 4.34. The molecule has 4 heteroatoms. The van der Waals surface area contributed by atoms with E-state index in [1.807, 2.05) is 13.0 Å². The van der Waals surface area contributed by atoms with Gasteiger partial charge in [-0.05, 0) is 32.4 Å². The van der Waals surface area contributed by atoms with Gasteiger partial charge in [0.1, 0.15) is 5.75 Å². The van der Waals surface area contributed by atoms with Gasteiger partial charge in [0, 0.05) is 24.2 Å². The van der Waals surface area contributed by atoms with E-state index in [0.717, 1.165) is 37.2 Å². The molecule has 2 heterocycles.